The Kier molecular flexibility index (Phi) is 2.72. The first kappa shape index (κ1) is 10.7. The highest BCUT2D eigenvalue weighted by Crippen LogP contribution is 2.32. The van der Waals surface area contributed by atoms with Crippen LogP contribution in [0.15, 0.2) is 18.2 Å². The van der Waals surface area contributed by atoms with Crippen LogP contribution in [0.5, 0.6) is 0 Å². The normalized spacial score (nSPS) is 25.1. The molecule has 1 aromatic rings. The summed E-state index contributed by atoms with van der Waals surface area (Å²) in [5.41, 5.74) is 2.09. The minimum atomic E-state index is 0.274. The van der Waals surface area contributed by atoms with Gasteiger partial charge in [0.25, 0.3) is 0 Å². The van der Waals surface area contributed by atoms with E-state index in [9.17, 15) is 4.79 Å². The predicted molar refractivity (Wildman–Crippen MR) is 69.6 cm³/mol. The molecular formula is C13H14ClOS+. The minimum Gasteiger partial charge on any atom is -0.288 e. The van der Waals surface area contributed by atoms with E-state index in [0.717, 1.165) is 17.0 Å². The molecule has 1 aliphatic carbocycles. The second-order valence-corrected chi connectivity index (χ2v) is 7.41. The number of carbonyl (C=O) groups excluding carboxylic acids is 1. The van der Waals surface area contributed by atoms with Crippen molar-refractivity contribution in [1.29, 1.82) is 0 Å². The van der Waals surface area contributed by atoms with E-state index in [-0.39, 0.29) is 5.25 Å². The zero-order valence-corrected chi connectivity index (χ0v) is 10.6. The lowest BCUT2D eigenvalue weighted by Crippen LogP contribution is -2.28. The third kappa shape index (κ3) is 1.68. The third-order valence-electron chi connectivity index (χ3n) is 3.50. The van der Waals surface area contributed by atoms with Crippen LogP contribution >= 0.6 is 11.6 Å². The molecule has 0 aromatic heterocycles. The van der Waals surface area contributed by atoms with Crippen LogP contribution in [0.3, 0.4) is 0 Å². The first-order chi connectivity index (χ1) is 7.75. The number of halogens is 1. The van der Waals surface area contributed by atoms with Crippen molar-refractivity contribution in [3.63, 3.8) is 0 Å². The average molecular weight is 254 g/mol. The number of fused-ring (bicyclic) bond motifs is 1. The Morgan fingerprint density at radius 3 is 2.75 bits per heavy atom. The van der Waals surface area contributed by atoms with Crippen molar-refractivity contribution in [2.24, 2.45) is 0 Å². The summed E-state index contributed by atoms with van der Waals surface area (Å²) in [6.45, 7) is 0. The van der Waals surface area contributed by atoms with Gasteiger partial charge in [-0.15, -0.1) is 0 Å². The van der Waals surface area contributed by atoms with Gasteiger partial charge in [-0.1, -0.05) is 11.6 Å². The predicted octanol–water partition coefficient (Wildman–Crippen LogP) is 2.86. The number of hydrogen-bond donors (Lipinski definition) is 0. The highest BCUT2D eigenvalue weighted by molar-refractivity contribution is 7.98. The van der Waals surface area contributed by atoms with Gasteiger partial charge >= 0.3 is 0 Å². The number of ketones is 1. The van der Waals surface area contributed by atoms with Gasteiger partial charge in [0.05, 0.1) is 0 Å². The van der Waals surface area contributed by atoms with E-state index in [1.54, 1.807) is 0 Å². The fourth-order valence-electron chi connectivity index (χ4n) is 2.67. The lowest BCUT2D eigenvalue weighted by atomic mass is 10.1. The standard InChI is InChI=1S/C13H14ClOS/c14-10-3-4-11-9(7-10)8-12(13(11)15)16-5-1-2-6-16/h3-4,7,12H,1-2,5-6,8H2/q+1. The van der Waals surface area contributed by atoms with Crippen molar-refractivity contribution >= 4 is 28.3 Å². The van der Waals surface area contributed by atoms with Crippen LogP contribution in [-0.4, -0.2) is 22.5 Å². The summed E-state index contributed by atoms with van der Waals surface area (Å²) in [5.74, 6) is 2.90. The summed E-state index contributed by atoms with van der Waals surface area (Å²) in [7, 11) is 0.342. The van der Waals surface area contributed by atoms with E-state index in [1.807, 2.05) is 18.2 Å². The molecule has 1 unspecified atom stereocenters. The molecule has 2 aliphatic rings. The number of hydrogen-bond acceptors (Lipinski definition) is 1. The first-order valence-corrected chi connectivity index (χ1v) is 7.75. The van der Waals surface area contributed by atoms with Crippen molar-refractivity contribution in [3.05, 3.63) is 34.3 Å². The van der Waals surface area contributed by atoms with Crippen LogP contribution in [0.2, 0.25) is 5.02 Å². The third-order valence-corrected chi connectivity index (χ3v) is 6.54. The van der Waals surface area contributed by atoms with E-state index >= 15 is 0 Å². The van der Waals surface area contributed by atoms with E-state index in [2.05, 4.69) is 0 Å². The molecule has 1 nitrogen and oxygen atoms in total. The van der Waals surface area contributed by atoms with Crippen LogP contribution < -0.4 is 0 Å². The average Bonchev–Trinajstić information content (AvgIpc) is 2.86. The van der Waals surface area contributed by atoms with Gasteiger partial charge in [0.1, 0.15) is 11.5 Å². The van der Waals surface area contributed by atoms with Crippen LogP contribution in [0.25, 0.3) is 0 Å². The maximum Gasteiger partial charge on any atom is 0.215 e. The van der Waals surface area contributed by atoms with Crippen molar-refractivity contribution in [2.75, 3.05) is 11.5 Å². The topological polar surface area (TPSA) is 17.1 Å². The van der Waals surface area contributed by atoms with Crippen LogP contribution in [0.1, 0.15) is 28.8 Å². The molecule has 0 saturated carbocycles. The van der Waals surface area contributed by atoms with E-state index in [0.29, 0.717) is 16.7 Å². The fourth-order valence-corrected chi connectivity index (χ4v) is 5.63. The van der Waals surface area contributed by atoms with Crippen LogP contribution in [-0.2, 0) is 17.3 Å². The van der Waals surface area contributed by atoms with Crippen molar-refractivity contribution < 1.29 is 4.79 Å². The number of rotatable bonds is 1. The van der Waals surface area contributed by atoms with Gasteiger partial charge in [0.15, 0.2) is 5.25 Å². The minimum absolute atomic E-state index is 0.274. The molecular weight excluding hydrogens is 240 g/mol. The highest BCUT2D eigenvalue weighted by atomic mass is 35.5. The summed E-state index contributed by atoms with van der Waals surface area (Å²) in [6.07, 6.45) is 3.55. The number of carbonyl (C=O) groups is 1. The largest absolute Gasteiger partial charge is 0.288 e. The Hall–Kier alpha value is -0.470. The lowest BCUT2D eigenvalue weighted by molar-refractivity contribution is 0.0999. The summed E-state index contributed by atoms with van der Waals surface area (Å²) in [6, 6.07) is 5.70. The molecule has 1 aliphatic heterocycles. The molecule has 1 atom stereocenters. The van der Waals surface area contributed by atoms with Crippen molar-refractivity contribution in [1.82, 2.24) is 0 Å². The molecule has 0 spiro atoms. The zero-order chi connectivity index (χ0) is 11.1. The molecule has 0 amide bonds. The molecule has 3 rings (SSSR count). The molecule has 3 heteroatoms. The Morgan fingerprint density at radius 1 is 1.25 bits per heavy atom. The monoisotopic (exact) mass is 253 g/mol. The summed E-state index contributed by atoms with van der Waals surface area (Å²) < 4.78 is 0. The summed E-state index contributed by atoms with van der Waals surface area (Å²) in [5, 5.41) is 1.03. The molecule has 0 N–H and O–H groups in total. The Morgan fingerprint density at radius 2 is 2.00 bits per heavy atom. The Labute approximate surface area is 104 Å². The molecule has 0 bridgehead atoms. The first-order valence-electron chi connectivity index (χ1n) is 5.74. The maximum absolute atomic E-state index is 12.3. The van der Waals surface area contributed by atoms with E-state index < -0.39 is 0 Å². The van der Waals surface area contributed by atoms with Crippen molar-refractivity contribution in [2.45, 2.75) is 24.5 Å². The highest BCUT2D eigenvalue weighted by Gasteiger charge is 2.44. The Bertz CT molecular complexity index is 438. The van der Waals surface area contributed by atoms with E-state index in [1.165, 1.54) is 29.9 Å². The molecule has 1 heterocycles. The quantitative estimate of drug-likeness (QED) is 0.704. The number of Topliss-reactive ketones (excluding diaryl/α,β-unsaturated/α-hetero) is 1. The summed E-state index contributed by atoms with van der Waals surface area (Å²) >= 11 is 5.97. The molecule has 1 saturated heterocycles. The molecule has 1 fully saturated rings. The smallest absolute Gasteiger partial charge is 0.215 e. The molecule has 0 radical (unpaired) electrons. The van der Waals surface area contributed by atoms with Gasteiger partial charge in [-0.2, -0.15) is 0 Å². The van der Waals surface area contributed by atoms with Crippen LogP contribution in [0.4, 0.5) is 0 Å². The van der Waals surface area contributed by atoms with Gasteiger partial charge in [0, 0.05) is 17.0 Å². The molecule has 84 valence electrons. The van der Waals surface area contributed by atoms with Crippen molar-refractivity contribution in [3.8, 4) is 0 Å². The fraction of sp³-hybridized carbons (Fsp3) is 0.462. The van der Waals surface area contributed by atoms with Gasteiger partial charge in [-0.05, 0) is 47.5 Å². The number of benzene rings is 1. The van der Waals surface area contributed by atoms with Crippen LogP contribution in [0, 0.1) is 0 Å². The Balaban J connectivity index is 1.90. The lowest BCUT2D eigenvalue weighted by Gasteiger charge is -2.06. The zero-order valence-electron chi connectivity index (χ0n) is 9.04. The SMILES string of the molecule is O=C1c2ccc(Cl)cc2CC1[S+]1CCCC1. The maximum atomic E-state index is 12.3. The van der Waals surface area contributed by atoms with Gasteiger partial charge < -0.3 is 0 Å². The molecule has 16 heavy (non-hydrogen) atoms. The summed E-state index contributed by atoms with van der Waals surface area (Å²) in [4.78, 5) is 12.3. The van der Waals surface area contributed by atoms with Gasteiger partial charge in [-0.25, -0.2) is 0 Å². The second kappa shape index (κ2) is 4.08. The second-order valence-electron chi connectivity index (χ2n) is 4.51. The molecule has 1 aromatic carbocycles. The van der Waals surface area contributed by atoms with E-state index in [4.69, 9.17) is 11.6 Å². The van der Waals surface area contributed by atoms with Gasteiger partial charge in [-0.3, -0.25) is 4.79 Å². The van der Waals surface area contributed by atoms with Gasteiger partial charge in [0.2, 0.25) is 5.78 Å².